The summed E-state index contributed by atoms with van der Waals surface area (Å²) in [5.41, 5.74) is 0. The first-order valence-electron chi connectivity index (χ1n) is 0.408. The Morgan fingerprint density at radius 3 is 1.20 bits per heavy atom. The first kappa shape index (κ1) is 18.8. The third-order valence-corrected chi connectivity index (χ3v) is 0. The van der Waals surface area contributed by atoms with Crippen LogP contribution in [0.1, 0.15) is 0 Å². The summed E-state index contributed by atoms with van der Waals surface area (Å²) in [5, 5.41) is 0. The second kappa shape index (κ2) is 29.1. The maximum atomic E-state index is 8.50. The van der Waals surface area contributed by atoms with Crippen LogP contribution in [0.4, 0.5) is 0 Å². The Bertz CT molecular complexity index is 27.9. The fourth-order valence-electron chi connectivity index (χ4n) is 0. The molecule has 0 fully saturated rings. The van der Waals surface area contributed by atoms with Crippen LogP contribution in [0.3, 0.4) is 0 Å². The molecule has 0 saturated heterocycles. The van der Waals surface area contributed by atoms with Gasteiger partial charge in [-0.1, -0.05) is 0 Å². The molecule has 5 heavy (non-hydrogen) atoms. The van der Waals surface area contributed by atoms with Gasteiger partial charge in [0.2, 0.25) is 0 Å². The van der Waals surface area contributed by atoms with E-state index in [0.717, 1.165) is 0 Å². The zero-order valence-electron chi connectivity index (χ0n) is 2.76. The fraction of sp³-hybridized carbons (Fsp3) is 0. The normalized spacial score (nSPS) is 1.60. The second-order valence-electron chi connectivity index (χ2n) is 0.0833. The van der Waals surface area contributed by atoms with Gasteiger partial charge in [0.1, 0.15) is 0 Å². The molecule has 0 unspecified atom stereocenters. The summed E-state index contributed by atoms with van der Waals surface area (Å²) in [5.74, 6) is 0. The zero-order chi connectivity index (χ0) is 2.71. The molecule has 0 amide bonds. The van der Waals surface area contributed by atoms with Gasteiger partial charge in [-0.25, -0.2) is 0 Å². The van der Waals surface area contributed by atoms with Crippen molar-refractivity contribution in [2.45, 2.75) is 0 Å². The Hall–Kier alpha value is 0.234. The van der Waals surface area contributed by atoms with Gasteiger partial charge in [0.25, 0.3) is 0 Å². The summed E-state index contributed by atoms with van der Waals surface area (Å²) < 4.78 is 17.0. The van der Waals surface area contributed by atoms with Crippen molar-refractivity contribution < 1.29 is 31.2 Å². The van der Waals surface area contributed by atoms with Crippen molar-refractivity contribution in [3.05, 3.63) is 0 Å². The Morgan fingerprint density at radius 1 is 1.20 bits per heavy atom. The molecule has 0 aromatic heterocycles. The second-order valence-corrected chi connectivity index (χ2v) is 0.344. The predicted octanol–water partition coefficient (Wildman–Crippen LogP) is -0.0407. The van der Waals surface area contributed by atoms with Crippen molar-refractivity contribution in [1.82, 2.24) is 6.15 Å². The molecule has 0 rings (SSSR count). The van der Waals surface area contributed by atoms with Crippen LogP contribution in [-0.4, -0.2) is 5.48 Å². The van der Waals surface area contributed by atoms with E-state index in [0.29, 0.717) is 0 Å². The van der Waals surface area contributed by atoms with Gasteiger partial charge in [0.15, 0.2) is 0 Å². The van der Waals surface area contributed by atoms with Gasteiger partial charge in [0.05, 0.1) is 0 Å². The SMILES string of the molecule is [NH4+].[OH-].[O]=[Ti]=[O]. The molecule has 0 aromatic rings. The summed E-state index contributed by atoms with van der Waals surface area (Å²) in [4.78, 5) is 0. The molecule has 0 radical (unpaired) electrons. The van der Waals surface area contributed by atoms with Gasteiger partial charge in [0, 0.05) is 0 Å². The molecule has 4 nitrogen and oxygen atoms in total. The molecule has 0 spiro atoms. The van der Waals surface area contributed by atoms with Crippen LogP contribution in [0.2, 0.25) is 0 Å². The van der Waals surface area contributed by atoms with Crippen LogP contribution in [-0.2, 0) is 25.7 Å². The maximum absolute atomic E-state index is 8.50. The molecule has 0 aliphatic heterocycles. The summed E-state index contributed by atoms with van der Waals surface area (Å²) in [6.45, 7) is 0. The molecule has 32 valence electrons. The van der Waals surface area contributed by atoms with Crippen LogP contribution in [0.15, 0.2) is 0 Å². The molecule has 0 atom stereocenters. The minimum absolute atomic E-state index is 0. The zero-order valence-corrected chi connectivity index (χ0v) is 4.33. The molecular weight excluding hydrogens is 110 g/mol. The first-order valence-corrected chi connectivity index (χ1v) is 1.68. The predicted molar refractivity (Wildman–Crippen MR) is 9.29 cm³/mol. The van der Waals surface area contributed by atoms with Crippen molar-refractivity contribution in [2.75, 3.05) is 0 Å². The van der Waals surface area contributed by atoms with Crippen molar-refractivity contribution in [1.29, 1.82) is 0 Å². The summed E-state index contributed by atoms with van der Waals surface area (Å²) in [6, 6.07) is 0. The Morgan fingerprint density at radius 2 is 1.20 bits per heavy atom. The molecule has 0 aliphatic rings. The van der Waals surface area contributed by atoms with Gasteiger partial charge >= 0.3 is 25.7 Å². The monoisotopic (exact) mass is 115 g/mol. The molecule has 0 bridgehead atoms. The molecule has 0 heterocycles. The van der Waals surface area contributed by atoms with Crippen LogP contribution in [0, 0.1) is 0 Å². The van der Waals surface area contributed by atoms with Crippen molar-refractivity contribution in [3.63, 3.8) is 0 Å². The van der Waals surface area contributed by atoms with Gasteiger partial charge in [-0.2, -0.15) is 0 Å². The van der Waals surface area contributed by atoms with Crippen LogP contribution < -0.4 is 6.15 Å². The van der Waals surface area contributed by atoms with Crippen LogP contribution >= 0.6 is 0 Å². The standard InChI is InChI=1S/H3N.H2O.2O.Ti/h1H3;1H2;;;. The van der Waals surface area contributed by atoms with E-state index < -0.39 is 19.1 Å². The van der Waals surface area contributed by atoms with E-state index in [1.54, 1.807) is 0 Å². The molecule has 0 aromatic carbocycles. The average molecular weight is 115 g/mol. The first-order chi connectivity index (χ1) is 1.41. The van der Waals surface area contributed by atoms with Gasteiger partial charge in [-0.15, -0.1) is 0 Å². The summed E-state index contributed by atoms with van der Waals surface area (Å²) in [7, 11) is 0. The van der Waals surface area contributed by atoms with E-state index in [4.69, 9.17) is 6.65 Å². The van der Waals surface area contributed by atoms with E-state index in [1.807, 2.05) is 0 Å². The Labute approximate surface area is 38.0 Å². The number of rotatable bonds is 0. The van der Waals surface area contributed by atoms with Crippen molar-refractivity contribution >= 4 is 0 Å². The van der Waals surface area contributed by atoms with Gasteiger partial charge in [-0.3, -0.25) is 0 Å². The molecule has 0 aliphatic carbocycles. The third-order valence-electron chi connectivity index (χ3n) is 0. The van der Waals surface area contributed by atoms with Crippen LogP contribution in [0.25, 0.3) is 0 Å². The minimum atomic E-state index is -2.00. The molecule has 5 N–H and O–H groups in total. The van der Waals surface area contributed by atoms with Gasteiger partial charge in [-0.05, 0) is 0 Å². The topological polar surface area (TPSA) is 101 Å². The average Bonchev–Trinajstić information content (AvgIpc) is 0.918. The van der Waals surface area contributed by atoms with Crippen molar-refractivity contribution in [3.8, 4) is 0 Å². The van der Waals surface area contributed by atoms with Gasteiger partial charge < -0.3 is 11.6 Å². The summed E-state index contributed by atoms with van der Waals surface area (Å²) in [6.07, 6.45) is 0. The van der Waals surface area contributed by atoms with E-state index in [1.165, 1.54) is 0 Å². The van der Waals surface area contributed by atoms with Crippen molar-refractivity contribution in [2.24, 2.45) is 0 Å². The van der Waals surface area contributed by atoms with E-state index in [9.17, 15) is 0 Å². The number of quaternary nitrogens is 1. The Kier molecular flexibility index (Phi) is 109. The molecule has 0 saturated carbocycles. The van der Waals surface area contributed by atoms with E-state index in [-0.39, 0.29) is 11.6 Å². The van der Waals surface area contributed by atoms with Crippen LogP contribution in [0.5, 0.6) is 0 Å². The third kappa shape index (κ3) is 385. The molecule has 5 heteroatoms. The van der Waals surface area contributed by atoms with E-state index >= 15 is 0 Å². The Balaban J connectivity index is -0.0000000200. The number of hydrogen-bond acceptors (Lipinski definition) is 3. The van der Waals surface area contributed by atoms with E-state index in [2.05, 4.69) is 0 Å². The quantitative estimate of drug-likeness (QED) is 0.448. The fourth-order valence-corrected chi connectivity index (χ4v) is 0. The summed E-state index contributed by atoms with van der Waals surface area (Å²) >= 11 is -2.00. The number of hydrogen-bond donors (Lipinski definition) is 1. The molecular formula is H5NO3Ti.